The van der Waals surface area contributed by atoms with Crippen molar-refractivity contribution >= 4 is 27.5 Å². The van der Waals surface area contributed by atoms with Crippen molar-refractivity contribution < 1.29 is 13.9 Å². The Balaban J connectivity index is 2.36. The number of halogens is 3. The zero-order chi connectivity index (χ0) is 13.1. The Labute approximate surface area is 117 Å². The number of methoxy groups -OCH3 is 1. The van der Waals surface area contributed by atoms with Crippen molar-refractivity contribution in [3.8, 4) is 17.4 Å². The fourth-order valence-corrected chi connectivity index (χ4v) is 1.80. The van der Waals surface area contributed by atoms with Gasteiger partial charge in [0.15, 0.2) is 17.3 Å². The van der Waals surface area contributed by atoms with Gasteiger partial charge in [-0.3, -0.25) is 0 Å². The highest BCUT2D eigenvalue weighted by atomic mass is 79.9. The van der Waals surface area contributed by atoms with E-state index in [1.54, 1.807) is 18.2 Å². The Morgan fingerprint density at radius 3 is 2.72 bits per heavy atom. The molecule has 2 aromatic rings. The molecule has 0 saturated carbocycles. The van der Waals surface area contributed by atoms with Gasteiger partial charge in [-0.1, -0.05) is 27.5 Å². The number of benzene rings is 1. The molecule has 0 atom stereocenters. The second-order valence-corrected chi connectivity index (χ2v) is 4.69. The van der Waals surface area contributed by atoms with Crippen LogP contribution in [0, 0.1) is 5.82 Å². The lowest BCUT2D eigenvalue weighted by Crippen LogP contribution is -1.94. The molecule has 18 heavy (non-hydrogen) atoms. The molecule has 0 aliphatic rings. The van der Waals surface area contributed by atoms with Crippen molar-refractivity contribution in [1.29, 1.82) is 0 Å². The minimum absolute atomic E-state index is 0.157. The van der Waals surface area contributed by atoms with Crippen molar-refractivity contribution in [2.45, 2.75) is 0 Å². The van der Waals surface area contributed by atoms with Gasteiger partial charge in [0.05, 0.1) is 12.1 Å². The van der Waals surface area contributed by atoms with E-state index in [0.29, 0.717) is 11.5 Å². The molecule has 0 spiro atoms. The number of hydrogen-bond donors (Lipinski definition) is 0. The van der Waals surface area contributed by atoms with Crippen LogP contribution in [0.15, 0.2) is 34.9 Å². The molecule has 0 unspecified atom stereocenters. The highest BCUT2D eigenvalue weighted by Crippen LogP contribution is 2.34. The molecular formula is C12H8BrClFNO2. The van der Waals surface area contributed by atoms with Crippen molar-refractivity contribution in [2.24, 2.45) is 0 Å². The lowest BCUT2D eigenvalue weighted by molar-refractivity contribution is 0.363. The summed E-state index contributed by atoms with van der Waals surface area (Å²) in [4.78, 5) is 3.78. The Morgan fingerprint density at radius 2 is 2.06 bits per heavy atom. The zero-order valence-electron chi connectivity index (χ0n) is 9.28. The molecule has 1 aromatic carbocycles. The predicted molar refractivity (Wildman–Crippen MR) is 70.0 cm³/mol. The third-order valence-electron chi connectivity index (χ3n) is 2.11. The van der Waals surface area contributed by atoms with E-state index in [0.717, 1.165) is 10.5 Å². The number of nitrogens with zero attached hydrogens (tertiary/aromatic N) is 1. The fourth-order valence-electron chi connectivity index (χ4n) is 1.31. The van der Waals surface area contributed by atoms with Crippen LogP contribution in [0.2, 0.25) is 5.02 Å². The molecule has 94 valence electrons. The second-order valence-electron chi connectivity index (χ2n) is 3.34. The smallest absolute Gasteiger partial charge is 0.256 e. The van der Waals surface area contributed by atoms with Crippen molar-refractivity contribution in [3.05, 3.63) is 45.8 Å². The average molecular weight is 333 g/mol. The van der Waals surface area contributed by atoms with Gasteiger partial charge in [-0.15, -0.1) is 0 Å². The van der Waals surface area contributed by atoms with Gasteiger partial charge in [0, 0.05) is 10.7 Å². The summed E-state index contributed by atoms with van der Waals surface area (Å²) >= 11 is 8.91. The van der Waals surface area contributed by atoms with E-state index in [1.165, 1.54) is 13.3 Å². The van der Waals surface area contributed by atoms with Crippen LogP contribution >= 0.6 is 27.5 Å². The number of pyridine rings is 1. The lowest BCUT2D eigenvalue weighted by atomic mass is 10.3. The van der Waals surface area contributed by atoms with Gasteiger partial charge in [-0.05, 0) is 24.3 Å². The number of aromatic nitrogens is 1. The molecule has 0 N–H and O–H groups in total. The Hall–Kier alpha value is -1.33. The van der Waals surface area contributed by atoms with Gasteiger partial charge in [0.1, 0.15) is 0 Å². The summed E-state index contributed by atoms with van der Waals surface area (Å²) in [5.74, 6) is 0.0512. The molecule has 6 heteroatoms. The van der Waals surface area contributed by atoms with E-state index in [4.69, 9.17) is 21.1 Å². The molecule has 1 aromatic heterocycles. The predicted octanol–water partition coefficient (Wildman–Crippen LogP) is 4.44. The van der Waals surface area contributed by atoms with Crippen molar-refractivity contribution in [3.63, 3.8) is 0 Å². The molecule has 1 heterocycles. The molecule has 0 bridgehead atoms. The van der Waals surface area contributed by atoms with E-state index < -0.39 is 5.82 Å². The summed E-state index contributed by atoms with van der Waals surface area (Å²) in [6.07, 6.45) is 1.31. The van der Waals surface area contributed by atoms with E-state index >= 15 is 0 Å². The fraction of sp³-hybridized carbons (Fsp3) is 0.0833. The average Bonchev–Trinajstić information content (AvgIpc) is 2.33. The quantitative estimate of drug-likeness (QED) is 0.833. The van der Waals surface area contributed by atoms with Crippen LogP contribution in [0.25, 0.3) is 0 Å². The summed E-state index contributed by atoms with van der Waals surface area (Å²) in [7, 11) is 1.50. The van der Waals surface area contributed by atoms with E-state index in [2.05, 4.69) is 20.9 Å². The Morgan fingerprint density at radius 1 is 1.28 bits per heavy atom. The first-order chi connectivity index (χ1) is 8.60. The maximum absolute atomic E-state index is 13.5. The maximum atomic E-state index is 13.5. The topological polar surface area (TPSA) is 31.4 Å². The largest absolute Gasteiger partial charge is 0.493 e. The molecule has 0 aliphatic carbocycles. The summed E-state index contributed by atoms with van der Waals surface area (Å²) in [5, 5.41) is 0.209. The van der Waals surface area contributed by atoms with E-state index in [-0.39, 0.29) is 10.9 Å². The third kappa shape index (κ3) is 2.91. The normalized spacial score (nSPS) is 10.2. The molecule has 0 fully saturated rings. The molecule has 2 rings (SSSR count). The molecule has 0 aliphatic heterocycles. The van der Waals surface area contributed by atoms with Gasteiger partial charge >= 0.3 is 0 Å². The summed E-state index contributed by atoms with van der Waals surface area (Å²) in [5.41, 5.74) is 0. The van der Waals surface area contributed by atoms with E-state index in [9.17, 15) is 4.39 Å². The first-order valence-corrected chi connectivity index (χ1v) is 6.09. The van der Waals surface area contributed by atoms with Crippen LogP contribution in [0.5, 0.6) is 17.4 Å². The summed E-state index contributed by atoms with van der Waals surface area (Å²) in [6.45, 7) is 0. The number of hydrogen-bond acceptors (Lipinski definition) is 3. The highest BCUT2D eigenvalue weighted by molar-refractivity contribution is 9.10. The Bertz CT molecular complexity index is 580. The number of ether oxygens (including phenoxy) is 2. The first-order valence-electron chi connectivity index (χ1n) is 4.92. The van der Waals surface area contributed by atoms with Crippen molar-refractivity contribution in [2.75, 3.05) is 7.11 Å². The minimum Gasteiger partial charge on any atom is -0.493 e. The number of rotatable bonds is 3. The molecule has 0 amide bonds. The van der Waals surface area contributed by atoms with Gasteiger partial charge in [-0.2, -0.15) is 0 Å². The van der Waals surface area contributed by atoms with Gasteiger partial charge < -0.3 is 9.47 Å². The SMILES string of the molecule is COc1ccc(Br)cc1Oc1ncc(Cl)cc1F. The van der Waals surface area contributed by atoms with Gasteiger partial charge in [0.25, 0.3) is 5.88 Å². The Kier molecular flexibility index (Phi) is 4.04. The van der Waals surface area contributed by atoms with Crippen LogP contribution in [0.1, 0.15) is 0 Å². The molecule has 0 radical (unpaired) electrons. The minimum atomic E-state index is -0.635. The highest BCUT2D eigenvalue weighted by Gasteiger charge is 2.11. The molecule has 3 nitrogen and oxygen atoms in total. The summed E-state index contributed by atoms with van der Waals surface area (Å²) in [6, 6.07) is 6.29. The van der Waals surface area contributed by atoms with Gasteiger partial charge in [0.2, 0.25) is 0 Å². The van der Waals surface area contributed by atoms with E-state index in [1.807, 2.05) is 0 Å². The molecule has 0 saturated heterocycles. The monoisotopic (exact) mass is 331 g/mol. The van der Waals surface area contributed by atoms with Crippen LogP contribution < -0.4 is 9.47 Å². The standard InChI is InChI=1S/C12H8BrClFNO2/c1-17-10-3-2-7(13)4-11(10)18-12-9(15)5-8(14)6-16-12/h2-6H,1H3. The van der Waals surface area contributed by atoms with Crippen LogP contribution in [-0.2, 0) is 0 Å². The van der Waals surface area contributed by atoms with Crippen LogP contribution in [0.3, 0.4) is 0 Å². The van der Waals surface area contributed by atoms with Crippen molar-refractivity contribution in [1.82, 2.24) is 4.98 Å². The maximum Gasteiger partial charge on any atom is 0.256 e. The van der Waals surface area contributed by atoms with Crippen LogP contribution in [0.4, 0.5) is 4.39 Å². The van der Waals surface area contributed by atoms with Crippen LogP contribution in [-0.4, -0.2) is 12.1 Å². The first kappa shape index (κ1) is 13.1. The molecular weight excluding hydrogens is 324 g/mol. The second kappa shape index (κ2) is 5.54. The van der Waals surface area contributed by atoms with Gasteiger partial charge in [-0.25, -0.2) is 9.37 Å². The summed E-state index contributed by atoms with van der Waals surface area (Å²) < 4.78 is 24.8. The lowest BCUT2D eigenvalue weighted by Gasteiger charge is -2.10. The third-order valence-corrected chi connectivity index (χ3v) is 2.81. The zero-order valence-corrected chi connectivity index (χ0v) is 11.6.